The molecule has 1 amide bonds. The maximum atomic E-state index is 11.3. The lowest BCUT2D eigenvalue weighted by Gasteiger charge is -2.19. The number of carbonyl (C=O) groups is 1. The van der Waals surface area contributed by atoms with Crippen LogP contribution in [0.3, 0.4) is 0 Å². The van der Waals surface area contributed by atoms with E-state index < -0.39 is 0 Å². The van der Waals surface area contributed by atoms with Crippen molar-refractivity contribution < 1.29 is 4.79 Å². The van der Waals surface area contributed by atoms with Crippen LogP contribution in [0.15, 0.2) is 18.2 Å². The molecule has 1 heterocycles. The Morgan fingerprint density at radius 1 is 1.47 bits per heavy atom. The van der Waals surface area contributed by atoms with E-state index in [0.717, 1.165) is 37.2 Å². The van der Waals surface area contributed by atoms with Gasteiger partial charge in [0, 0.05) is 18.8 Å². The summed E-state index contributed by atoms with van der Waals surface area (Å²) < 4.78 is 0. The third-order valence-electron chi connectivity index (χ3n) is 3.91. The Morgan fingerprint density at radius 2 is 2.26 bits per heavy atom. The van der Waals surface area contributed by atoms with Gasteiger partial charge in [-0.15, -0.1) is 0 Å². The molecule has 19 heavy (non-hydrogen) atoms. The summed E-state index contributed by atoms with van der Waals surface area (Å²) in [6.45, 7) is 1.66. The van der Waals surface area contributed by atoms with Gasteiger partial charge in [-0.05, 0) is 37.1 Å². The minimum absolute atomic E-state index is 0.0712. The largest absolute Gasteiger partial charge is 0.326 e. The summed E-state index contributed by atoms with van der Waals surface area (Å²) in [4.78, 5) is 13.5. The molecule has 1 aromatic rings. The Kier molecular flexibility index (Phi) is 2.79. The highest BCUT2D eigenvalue weighted by Crippen LogP contribution is 2.45. The Morgan fingerprint density at radius 3 is 2.95 bits per heavy atom. The number of anilines is 1. The first-order valence-corrected chi connectivity index (χ1v) is 6.62. The molecule has 0 radical (unpaired) electrons. The smallest absolute Gasteiger partial charge is 0.228 e. The summed E-state index contributed by atoms with van der Waals surface area (Å²) >= 11 is 0. The van der Waals surface area contributed by atoms with Crippen molar-refractivity contribution >= 4 is 11.6 Å². The average Bonchev–Trinajstić information content (AvgIpc) is 3.03. The van der Waals surface area contributed by atoms with E-state index in [0.29, 0.717) is 6.42 Å². The molecule has 0 unspecified atom stereocenters. The molecular weight excluding hydrogens is 238 g/mol. The van der Waals surface area contributed by atoms with Crippen molar-refractivity contribution in [3.63, 3.8) is 0 Å². The zero-order valence-electron chi connectivity index (χ0n) is 11.1. The normalized spacial score (nSPS) is 18.9. The second-order valence-electron chi connectivity index (χ2n) is 5.78. The maximum absolute atomic E-state index is 11.3. The summed E-state index contributed by atoms with van der Waals surface area (Å²) in [6.07, 6.45) is 2.53. The molecule has 4 nitrogen and oxygen atoms in total. The number of nitrogens with one attached hydrogen (secondary N) is 1. The molecule has 0 atom stereocenters. The molecule has 1 aromatic carbocycles. The summed E-state index contributed by atoms with van der Waals surface area (Å²) in [7, 11) is 2.05. The molecule has 0 bridgehead atoms. The molecule has 2 aliphatic rings. The van der Waals surface area contributed by atoms with Crippen molar-refractivity contribution in [1.82, 2.24) is 4.90 Å². The Labute approximate surface area is 113 Å². The zero-order chi connectivity index (χ0) is 13.5. The van der Waals surface area contributed by atoms with E-state index in [4.69, 9.17) is 5.26 Å². The van der Waals surface area contributed by atoms with Crippen LogP contribution >= 0.6 is 0 Å². The van der Waals surface area contributed by atoms with Crippen LogP contribution in [0.1, 0.15) is 24.0 Å². The van der Waals surface area contributed by atoms with Crippen LogP contribution < -0.4 is 5.32 Å². The lowest BCUT2D eigenvalue weighted by molar-refractivity contribution is -0.115. The predicted octanol–water partition coefficient (Wildman–Crippen LogP) is 1.92. The minimum atomic E-state index is -0.0942. The van der Waals surface area contributed by atoms with Gasteiger partial charge < -0.3 is 10.2 Å². The van der Waals surface area contributed by atoms with Gasteiger partial charge in [-0.1, -0.05) is 12.1 Å². The molecule has 4 heteroatoms. The van der Waals surface area contributed by atoms with Crippen molar-refractivity contribution in [1.29, 1.82) is 5.26 Å². The summed E-state index contributed by atoms with van der Waals surface area (Å²) in [5, 5.41) is 11.9. The fourth-order valence-electron chi connectivity index (χ4n) is 2.72. The van der Waals surface area contributed by atoms with E-state index in [1.807, 2.05) is 19.2 Å². The number of carbonyl (C=O) groups excluding carboxylic acids is 1. The van der Waals surface area contributed by atoms with Gasteiger partial charge in [-0.25, -0.2) is 0 Å². The van der Waals surface area contributed by atoms with Crippen molar-refractivity contribution in [2.24, 2.45) is 5.41 Å². The van der Waals surface area contributed by atoms with E-state index in [1.54, 1.807) is 0 Å². The Balaban J connectivity index is 1.66. The molecule has 98 valence electrons. The molecular formula is C15H17N3O. The molecule has 1 saturated carbocycles. The number of amides is 1. The summed E-state index contributed by atoms with van der Waals surface area (Å²) in [5.41, 5.74) is 3.12. The monoisotopic (exact) mass is 255 g/mol. The Bertz CT molecular complexity index is 569. The van der Waals surface area contributed by atoms with Crippen LogP contribution in [0.2, 0.25) is 0 Å². The molecule has 1 aliphatic carbocycles. The predicted molar refractivity (Wildman–Crippen MR) is 72.4 cm³/mol. The van der Waals surface area contributed by atoms with Gasteiger partial charge in [0.25, 0.3) is 0 Å². The number of hydrogen-bond acceptors (Lipinski definition) is 3. The number of hydrogen-bond donors (Lipinski definition) is 1. The lowest BCUT2D eigenvalue weighted by Crippen LogP contribution is -2.25. The molecule has 0 saturated heterocycles. The second kappa shape index (κ2) is 4.36. The first-order chi connectivity index (χ1) is 9.10. The van der Waals surface area contributed by atoms with Crippen molar-refractivity contribution in [2.45, 2.75) is 25.8 Å². The summed E-state index contributed by atoms with van der Waals surface area (Å²) in [6, 6.07) is 8.53. The topological polar surface area (TPSA) is 56.1 Å². The van der Waals surface area contributed by atoms with Crippen molar-refractivity contribution in [3.05, 3.63) is 29.3 Å². The van der Waals surface area contributed by atoms with E-state index in [2.05, 4.69) is 22.4 Å². The molecule has 0 spiro atoms. The van der Waals surface area contributed by atoms with Gasteiger partial charge >= 0.3 is 0 Å². The fraction of sp³-hybridized carbons (Fsp3) is 0.467. The van der Waals surface area contributed by atoms with Gasteiger partial charge in [-0.3, -0.25) is 4.79 Å². The highest BCUT2D eigenvalue weighted by molar-refractivity contribution is 5.99. The van der Waals surface area contributed by atoms with Crippen LogP contribution in [-0.4, -0.2) is 24.4 Å². The standard InChI is InChI=1S/C15H17N3O/c1-18(10-15(9-16)4-5-15)8-11-2-3-13-12(6-11)7-14(19)17-13/h2-3,6H,4-5,7-8,10H2,1H3,(H,17,19). The van der Waals surface area contributed by atoms with Gasteiger partial charge in [0.1, 0.15) is 0 Å². The van der Waals surface area contributed by atoms with Crippen LogP contribution in [0.25, 0.3) is 0 Å². The third-order valence-corrected chi connectivity index (χ3v) is 3.91. The van der Waals surface area contributed by atoms with Crippen molar-refractivity contribution in [2.75, 3.05) is 18.9 Å². The fourth-order valence-corrected chi connectivity index (χ4v) is 2.72. The van der Waals surface area contributed by atoms with Crippen LogP contribution in [0.4, 0.5) is 5.69 Å². The minimum Gasteiger partial charge on any atom is -0.326 e. The van der Waals surface area contributed by atoms with Gasteiger partial charge in [-0.2, -0.15) is 5.26 Å². The van der Waals surface area contributed by atoms with Crippen LogP contribution in [-0.2, 0) is 17.8 Å². The highest BCUT2D eigenvalue weighted by atomic mass is 16.1. The van der Waals surface area contributed by atoms with Gasteiger partial charge in [0.15, 0.2) is 0 Å². The number of benzene rings is 1. The number of nitrogens with zero attached hydrogens (tertiary/aromatic N) is 2. The summed E-state index contributed by atoms with van der Waals surface area (Å²) in [5.74, 6) is 0.0712. The number of nitriles is 1. The maximum Gasteiger partial charge on any atom is 0.228 e. The number of fused-ring (bicyclic) bond motifs is 1. The molecule has 1 fully saturated rings. The molecule has 0 aromatic heterocycles. The second-order valence-corrected chi connectivity index (χ2v) is 5.78. The molecule has 3 rings (SSSR count). The first kappa shape index (κ1) is 12.2. The lowest BCUT2D eigenvalue weighted by atomic mass is 10.1. The van der Waals surface area contributed by atoms with E-state index >= 15 is 0 Å². The Hall–Kier alpha value is -1.86. The highest BCUT2D eigenvalue weighted by Gasteiger charge is 2.43. The van der Waals surface area contributed by atoms with Gasteiger partial charge in [0.05, 0.1) is 17.9 Å². The number of rotatable bonds is 4. The third kappa shape index (κ3) is 2.47. The zero-order valence-corrected chi connectivity index (χ0v) is 11.1. The quantitative estimate of drug-likeness (QED) is 0.894. The average molecular weight is 255 g/mol. The SMILES string of the molecule is CN(Cc1ccc2c(c1)CC(=O)N2)CC1(C#N)CC1. The first-order valence-electron chi connectivity index (χ1n) is 6.62. The van der Waals surface area contributed by atoms with Crippen molar-refractivity contribution in [3.8, 4) is 6.07 Å². The molecule has 1 aliphatic heterocycles. The van der Waals surface area contributed by atoms with E-state index in [-0.39, 0.29) is 11.3 Å². The van der Waals surface area contributed by atoms with Gasteiger partial charge in [0.2, 0.25) is 5.91 Å². The van der Waals surface area contributed by atoms with Crippen LogP contribution in [0, 0.1) is 16.7 Å². The van der Waals surface area contributed by atoms with E-state index in [1.165, 1.54) is 5.56 Å². The van der Waals surface area contributed by atoms with Crippen LogP contribution in [0.5, 0.6) is 0 Å². The van der Waals surface area contributed by atoms with E-state index in [9.17, 15) is 4.79 Å². The molecule has 1 N–H and O–H groups in total.